The highest BCUT2D eigenvalue weighted by Crippen LogP contribution is 2.27. The second kappa shape index (κ2) is 5.55. The van der Waals surface area contributed by atoms with Crippen molar-refractivity contribution in [1.29, 1.82) is 5.26 Å². The zero-order valence-electron chi connectivity index (χ0n) is 12.2. The Morgan fingerprint density at radius 3 is 3.00 bits per heavy atom. The Balaban J connectivity index is 2.07. The molecule has 0 spiro atoms. The Bertz CT molecular complexity index is 857. The smallest absolute Gasteiger partial charge is 0.257 e. The zero-order chi connectivity index (χ0) is 15.7. The van der Waals surface area contributed by atoms with Crippen molar-refractivity contribution in [1.82, 2.24) is 9.71 Å². The van der Waals surface area contributed by atoms with Crippen molar-refractivity contribution >= 4 is 26.7 Å². The molecule has 1 aliphatic heterocycles. The summed E-state index contributed by atoms with van der Waals surface area (Å²) in [6.07, 6.45) is 2.47. The molecule has 1 fully saturated rings. The Hall–Kier alpha value is -2.17. The second-order valence-electron chi connectivity index (χ2n) is 5.34. The van der Waals surface area contributed by atoms with Gasteiger partial charge in [0.2, 0.25) is 0 Å². The molecule has 1 saturated heterocycles. The van der Waals surface area contributed by atoms with Crippen LogP contribution in [-0.4, -0.2) is 26.5 Å². The van der Waals surface area contributed by atoms with Crippen molar-refractivity contribution in [2.45, 2.75) is 13.3 Å². The first-order chi connectivity index (χ1) is 10.5. The maximum atomic E-state index is 12.3. The highest BCUT2D eigenvalue weighted by molar-refractivity contribution is 7.90. The summed E-state index contributed by atoms with van der Waals surface area (Å²) in [5, 5.41) is 10.6. The standard InChI is InChI=1S/C15H16N4O2S/c1-2-11-9-18-22(20,21)19(10-11)13-3-4-14-12(7-13)5-6-17-15(14)8-16/h3-7,11,18H,2,9-10H2,1H3/t11-/m0/s1. The van der Waals surface area contributed by atoms with Crippen molar-refractivity contribution in [3.8, 4) is 6.07 Å². The van der Waals surface area contributed by atoms with Gasteiger partial charge in [-0.2, -0.15) is 18.4 Å². The molecule has 1 aromatic heterocycles. The number of nitrogens with zero attached hydrogens (tertiary/aromatic N) is 3. The third-order valence-electron chi connectivity index (χ3n) is 3.99. The number of nitriles is 1. The molecule has 0 aliphatic carbocycles. The molecule has 6 nitrogen and oxygen atoms in total. The second-order valence-corrected chi connectivity index (χ2v) is 7.02. The molecular formula is C15H16N4O2S. The van der Waals surface area contributed by atoms with Gasteiger partial charge in [-0.15, -0.1) is 0 Å². The molecule has 0 saturated carbocycles. The molecule has 0 amide bonds. The molecule has 114 valence electrons. The van der Waals surface area contributed by atoms with Crippen LogP contribution in [0.2, 0.25) is 0 Å². The fourth-order valence-electron chi connectivity index (χ4n) is 2.63. The Kier molecular flexibility index (Phi) is 3.72. The number of hydrogen-bond donors (Lipinski definition) is 1. The lowest BCUT2D eigenvalue weighted by Crippen LogP contribution is -2.51. The van der Waals surface area contributed by atoms with Gasteiger partial charge < -0.3 is 0 Å². The first-order valence-corrected chi connectivity index (χ1v) is 8.55. The lowest BCUT2D eigenvalue weighted by molar-refractivity contribution is 0.469. The molecular weight excluding hydrogens is 300 g/mol. The monoisotopic (exact) mass is 316 g/mol. The summed E-state index contributed by atoms with van der Waals surface area (Å²) in [7, 11) is -3.50. The number of fused-ring (bicyclic) bond motifs is 1. The number of aromatic nitrogens is 1. The number of benzene rings is 1. The van der Waals surface area contributed by atoms with Gasteiger partial charge in [0.15, 0.2) is 0 Å². The van der Waals surface area contributed by atoms with Gasteiger partial charge in [-0.05, 0) is 35.6 Å². The number of anilines is 1. The van der Waals surface area contributed by atoms with Gasteiger partial charge in [0.25, 0.3) is 0 Å². The maximum absolute atomic E-state index is 12.3. The Morgan fingerprint density at radius 2 is 2.27 bits per heavy atom. The molecule has 1 N–H and O–H groups in total. The fraction of sp³-hybridized carbons (Fsp3) is 0.333. The van der Waals surface area contributed by atoms with E-state index in [1.165, 1.54) is 4.31 Å². The van der Waals surface area contributed by atoms with Crippen molar-refractivity contribution < 1.29 is 8.42 Å². The predicted octanol–water partition coefficient (Wildman–Crippen LogP) is 1.79. The molecule has 1 aromatic carbocycles. The third-order valence-corrected chi connectivity index (χ3v) is 5.46. The van der Waals surface area contributed by atoms with Crippen LogP contribution >= 0.6 is 0 Å². The van der Waals surface area contributed by atoms with Crippen LogP contribution in [0.25, 0.3) is 10.8 Å². The average molecular weight is 316 g/mol. The molecule has 1 aliphatic rings. The topological polar surface area (TPSA) is 86.1 Å². The molecule has 1 atom stereocenters. The summed E-state index contributed by atoms with van der Waals surface area (Å²) in [6.45, 7) is 2.99. The molecule has 0 unspecified atom stereocenters. The van der Waals surface area contributed by atoms with Crippen LogP contribution in [0.4, 0.5) is 5.69 Å². The largest absolute Gasteiger partial charge is 0.301 e. The number of hydrogen-bond acceptors (Lipinski definition) is 4. The fourth-order valence-corrected chi connectivity index (χ4v) is 4.03. The van der Waals surface area contributed by atoms with E-state index in [9.17, 15) is 8.42 Å². The molecule has 7 heteroatoms. The normalized spacial score (nSPS) is 20.7. The van der Waals surface area contributed by atoms with Gasteiger partial charge in [0.1, 0.15) is 11.8 Å². The molecule has 2 aromatic rings. The molecule has 22 heavy (non-hydrogen) atoms. The van der Waals surface area contributed by atoms with E-state index in [2.05, 4.69) is 9.71 Å². The van der Waals surface area contributed by atoms with E-state index in [1.807, 2.05) is 13.0 Å². The highest BCUT2D eigenvalue weighted by Gasteiger charge is 2.30. The molecule has 0 bridgehead atoms. The maximum Gasteiger partial charge on any atom is 0.301 e. The van der Waals surface area contributed by atoms with Crippen LogP contribution in [0.3, 0.4) is 0 Å². The van der Waals surface area contributed by atoms with Crippen molar-refractivity contribution in [3.63, 3.8) is 0 Å². The van der Waals surface area contributed by atoms with E-state index in [-0.39, 0.29) is 5.92 Å². The van der Waals surface area contributed by atoms with Crippen molar-refractivity contribution in [2.75, 3.05) is 17.4 Å². The van der Waals surface area contributed by atoms with Gasteiger partial charge in [0, 0.05) is 24.7 Å². The van der Waals surface area contributed by atoms with E-state index in [0.717, 1.165) is 17.2 Å². The highest BCUT2D eigenvalue weighted by atomic mass is 32.2. The van der Waals surface area contributed by atoms with Crippen molar-refractivity contribution in [2.24, 2.45) is 5.92 Å². The van der Waals surface area contributed by atoms with E-state index in [1.54, 1.807) is 30.5 Å². The van der Waals surface area contributed by atoms with Gasteiger partial charge >= 0.3 is 10.2 Å². The number of pyridine rings is 1. The van der Waals surface area contributed by atoms with Crippen LogP contribution in [-0.2, 0) is 10.2 Å². The summed E-state index contributed by atoms with van der Waals surface area (Å²) in [4.78, 5) is 4.02. The Labute approximate surface area is 129 Å². The summed E-state index contributed by atoms with van der Waals surface area (Å²) in [5.74, 6) is 0.284. The van der Waals surface area contributed by atoms with Gasteiger partial charge in [0.05, 0.1) is 5.69 Å². The van der Waals surface area contributed by atoms with Crippen LogP contribution in [0.5, 0.6) is 0 Å². The van der Waals surface area contributed by atoms with E-state index in [4.69, 9.17) is 5.26 Å². The van der Waals surface area contributed by atoms with Crippen LogP contribution < -0.4 is 9.03 Å². The van der Waals surface area contributed by atoms with Crippen molar-refractivity contribution in [3.05, 3.63) is 36.2 Å². The zero-order valence-corrected chi connectivity index (χ0v) is 13.0. The van der Waals surface area contributed by atoms with E-state index < -0.39 is 10.2 Å². The van der Waals surface area contributed by atoms with E-state index in [0.29, 0.717) is 24.5 Å². The van der Waals surface area contributed by atoms with Gasteiger partial charge in [-0.25, -0.2) is 4.98 Å². The Morgan fingerprint density at radius 1 is 1.45 bits per heavy atom. The van der Waals surface area contributed by atoms with Gasteiger partial charge in [-0.3, -0.25) is 4.31 Å². The minimum Gasteiger partial charge on any atom is -0.257 e. The summed E-state index contributed by atoms with van der Waals surface area (Å²) < 4.78 is 28.5. The lowest BCUT2D eigenvalue weighted by atomic mass is 10.1. The first kappa shape index (κ1) is 14.8. The molecule has 0 radical (unpaired) electrons. The number of nitrogens with one attached hydrogen (secondary N) is 1. The summed E-state index contributed by atoms with van der Waals surface area (Å²) in [5.41, 5.74) is 0.948. The van der Waals surface area contributed by atoms with Crippen LogP contribution in [0.1, 0.15) is 19.0 Å². The SMILES string of the molecule is CC[C@H]1CNS(=O)(=O)N(c2ccc3c(C#N)nccc3c2)C1. The number of rotatable bonds is 2. The molecule has 3 rings (SSSR count). The average Bonchev–Trinajstić information content (AvgIpc) is 2.53. The first-order valence-electron chi connectivity index (χ1n) is 7.11. The minimum absolute atomic E-state index is 0.284. The lowest BCUT2D eigenvalue weighted by Gasteiger charge is -2.33. The van der Waals surface area contributed by atoms with Crippen LogP contribution in [0, 0.1) is 17.2 Å². The van der Waals surface area contributed by atoms with Crippen LogP contribution in [0.15, 0.2) is 30.5 Å². The molecule has 2 heterocycles. The third kappa shape index (κ3) is 2.51. The van der Waals surface area contributed by atoms with Gasteiger partial charge in [-0.1, -0.05) is 13.3 Å². The predicted molar refractivity (Wildman–Crippen MR) is 84.5 cm³/mol. The minimum atomic E-state index is -3.50. The van der Waals surface area contributed by atoms with E-state index >= 15 is 0 Å². The summed E-state index contributed by atoms with van der Waals surface area (Å²) >= 11 is 0. The summed E-state index contributed by atoms with van der Waals surface area (Å²) in [6, 6.07) is 9.09. The quantitative estimate of drug-likeness (QED) is 0.915.